The SMILES string of the molecule is Cc1ccc(C(c2ccc[nH]2)c2ccc[nH]2)s1. The van der Waals surface area contributed by atoms with Crippen molar-refractivity contribution in [3.8, 4) is 0 Å². The standard InChI is InChI=1S/C14H14N2S/c1-10-6-7-13(17-10)14(11-4-2-8-15-11)12-5-3-9-16-12/h2-9,14-16H,1H3. The molecule has 0 fully saturated rings. The molecule has 3 aromatic heterocycles. The van der Waals surface area contributed by atoms with Gasteiger partial charge in [0.25, 0.3) is 0 Å². The van der Waals surface area contributed by atoms with Crippen LogP contribution in [0.5, 0.6) is 0 Å². The quantitative estimate of drug-likeness (QED) is 0.698. The second kappa shape index (κ2) is 4.26. The number of H-pyrrole nitrogens is 2. The maximum absolute atomic E-state index is 3.32. The third kappa shape index (κ3) is 1.94. The summed E-state index contributed by atoms with van der Waals surface area (Å²) in [5.74, 6) is 0.290. The highest BCUT2D eigenvalue weighted by atomic mass is 32.1. The molecular weight excluding hydrogens is 228 g/mol. The van der Waals surface area contributed by atoms with E-state index in [1.807, 2.05) is 35.9 Å². The number of aromatic amines is 2. The van der Waals surface area contributed by atoms with Crippen LogP contribution in [0.15, 0.2) is 48.8 Å². The van der Waals surface area contributed by atoms with Gasteiger partial charge in [0.15, 0.2) is 0 Å². The van der Waals surface area contributed by atoms with Gasteiger partial charge in [-0.2, -0.15) is 0 Å². The van der Waals surface area contributed by atoms with Gasteiger partial charge in [-0.3, -0.25) is 0 Å². The van der Waals surface area contributed by atoms with E-state index in [9.17, 15) is 0 Å². The molecule has 3 rings (SSSR count). The highest BCUT2D eigenvalue weighted by Crippen LogP contribution is 2.34. The van der Waals surface area contributed by atoms with Crippen molar-refractivity contribution in [2.24, 2.45) is 0 Å². The summed E-state index contributed by atoms with van der Waals surface area (Å²) in [4.78, 5) is 9.36. The molecule has 0 saturated carbocycles. The Labute approximate surface area is 104 Å². The summed E-state index contributed by atoms with van der Waals surface area (Å²) in [5, 5.41) is 0. The van der Waals surface area contributed by atoms with Gasteiger partial charge in [0.1, 0.15) is 0 Å². The van der Waals surface area contributed by atoms with E-state index < -0.39 is 0 Å². The van der Waals surface area contributed by atoms with Gasteiger partial charge in [-0.15, -0.1) is 11.3 Å². The molecular formula is C14H14N2S. The molecule has 0 aliphatic rings. The lowest BCUT2D eigenvalue weighted by Crippen LogP contribution is -2.01. The van der Waals surface area contributed by atoms with Crippen LogP contribution in [0, 0.1) is 6.92 Å². The van der Waals surface area contributed by atoms with Crippen LogP contribution in [0.25, 0.3) is 0 Å². The molecule has 0 aromatic carbocycles. The first-order chi connectivity index (χ1) is 8.34. The van der Waals surface area contributed by atoms with Crippen molar-refractivity contribution < 1.29 is 0 Å². The van der Waals surface area contributed by atoms with E-state index in [1.54, 1.807) is 0 Å². The number of hydrogen-bond donors (Lipinski definition) is 2. The van der Waals surface area contributed by atoms with Crippen LogP contribution >= 0.6 is 11.3 Å². The summed E-state index contributed by atoms with van der Waals surface area (Å²) in [6.07, 6.45) is 3.96. The van der Waals surface area contributed by atoms with Crippen molar-refractivity contribution in [1.82, 2.24) is 9.97 Å². The zero-order valence-corrected chi connectivity index (χ0v) is 10.4. The van der Waals surface area contributed by atoms with E-state index in [2.05, 4.69) is 41.2 Å². The molecule has 0 amide bonds. The lowest BCUT2D eigenvalue weighted by molar-refractivity contribution is 0.917. The van der Waals surface area contributed by atoms with Gasteiger partial charge in [0, 0.05) is 33.5 Å². The summed E-state index contributed by atoms with van der Waals surface area (Å²) >= 11 is 1.85. The molecule has 0 saturated heterocycles. The Bertz CT molecular complexity index is 541. The molecule has 2 nitrogen and oxygen atoms in total. The molecule has 0 bridgehead atoms. The fourth-order valence-corrected chi connectivity index (χ4v) is 3.15. The van der Waals surface area contributed by atoms with Crippen molar-refractivity contribution in [3.63, 3.8) is 0 Å². The van der Waals surface area contributed by atoms with Crippen molar-refractivity contribution >= 4 is 11.3 Å². The van der Waals surface area contributed by atoms with Crippen LogP contribution in [-0.4, -0.2) is 9.97 Å². The summed E-state index contributed by atoms with van der Waals surface area (Å²) in [7, 11) is 0. The first-order valence-corrected chi connectivity index (χ1v) is 6.49. The fraction of sp³-hybridized carbons (Fsp3) is 0.143. The average Bonchev–Trinajstić information content (AvgIpc) is 3.02. The average molecular weight is 242 g/mol. The molecule has 17 heavy (non-hydrogen) atoms. The lowest BCUT2D eigenvalue weighted by Gasteiger charge is -2.12. The minimum atomic E-state index is 0.290. The van der Waals surface area contributed by atoms with E-state index in [-0.39, 0.29) is 0 Å². The van der Waals surface area contributed by atoms with Crippen molar-refractivity contribution in [1.29, 1.82) is 0 Å². The molecule has 2 N–H and O–H groups in total. The second-order valence-electron chi connectivity index (χ2n) is 4.13. The maximum atomic E-state index is 3.32. The molecule has 3 heteroatoms. The Kier molecular flexibility index (Phi) is 2.61. The summed E-state index contributed by atoms with van der Waals surface area (Å²) in [5.41, 5.74) is 2.46. The third-order valence-corrected chi connectivity index (χ3v) is 3.98. The highest BCUT2D eigenvalue weighted by Gasteiger charge is 2.19. The zero-order valence-electron chi connectivity index (χ0n) is 9.60. The molecule has 0 unspecified atom stereocenters. The van der Waals surface area contributed by atoms with Crippen molar-refractivity contribution in [2.75, 3.05) is 0 Å². The molecule has 0 radical (unpaired) electrons. The van der Waals surface area contributed by atoms with Crippen LogP contribution in [-0.2, 0) is 0 Å². The van der Waals surface area contributed by atoms with Gasteiger partial charge in [-0.1, -0.05) is 0 Å². The normalized spacial score (nSPS) is 11.2. The topological polar surface area (TPSA) is 31.6 Å². The van der Waals surface area contributed by atoms with E-state index in [1.165, 1.54) is 21.1 Å². The first kappa shape index (κ1) is 10.4. The van der Waals surface area contributed by atoms with Gasteiger partial charge in [-0.05, 0) is 43.3 Å². The minimum Gasteiger partial charge on any atom is -0.364 e. The van der Waals surface area contributed by atoms with Crippen LogP contribution in [0.1, 0.15) is 27.1 Å². The summed E-state index contributed by atoms with van der Waals surface area (Å²) in [6, 6.07) is 12.8. The van der Waals surface area contributed by atoms with Crippen molar-refractivity contribution in [3.05, 3.63) is 69.9 Å². The predicted molar refractivity (Wildman–Crippen MR) is 71.6 cm³/mol. The van der Waals surface area contributed by atoms with Gasteiger partial charge in [0.05, 0.1) is 5.92 Å². The molecule has 0 aliphatic heterocycles. The first-order valence-electron chi connectivity index (χ1n) is 5.67. The third-order valence-electron chi connectivity index (χ3n) is 2.91. The molecule has 0 aliphatic carbocycles. The van der Waals surface area contributed by atoms with Crippen LogP contribution in [0.4, 0.5) is 0 Å². The van der Waals surface area contributed by atoms with Gasteiger partial charge < -0.3 is 9.97 Å². The van der Waals surface area contributed by atoms with E-state index in [0.717, 1.165) is 0 Å². The van der Waals surface area contributed by atoms with Gasteiger partial charge in [0.2, 0.25) is 0 Å². The largest absolute Gasteiger partial charge is 0.364 e. The molecule has 3 aromatic rings. The van der Waals surface area contributed by atoms with Crippen LogP contribution in [0.3, 0.4) is 0 Å². The predicted octanol–water partition coefficient (Wildman–Crippen LogP) is 3.89. The number of nitrogens with one attached hydrogen (secondary N) is 2. The number of rotatable bonds is 3. The molecule has 0 atom stereocenters. The zero-order chi connectivity index (χ0) is 11.7. The monoisotopic (exact) mass is 242 g/mol. The smallest absolute Gasteiger partial charge is 0.0734 e. The highest BCUT2D eigenvalue weighted by molar-refractivity contribution is 7.12. The Balaban J connectivity index is 2.09. The molecule has 3 heterocycles. The number of thiophene rings is 1. The minimum absolute atomic E-state index is 0.290. The fourth-order valence-electron chi connectivity index (χ4n) is 2.13. The van der Waals surface area contributed by atoms with Crippen LogP contribution < -0.4 is 0 Å². The second-order valence-corrected chi connectivity index (χ2v) is 5.45. The summed E-state index contributed by atoms with van der Waals surface area (Å²) < 4.78 is 0. The summed E-state index contributed by atoms with van der Waals surface area (Å²) in [6.45, 7) is 2.15. The van der Waals surface area contributed by atoms with E-state index >= 15 is 0 Å². The van der Waals surface area contributed by atoms with E-state index in [0.29, 0.717) is 5.92 Å². The van der Waals surface area contributed by atoms with E-state index in [4.69, 9.17) is 0 Å². The van der Waals surface area contributed by atoms with Crippen molar-refractivity contribution in [2.45, 2.75) is 12.8 Å². The lowest BCUT2D eigenvalue weighted by atomic mass is 10.00. The van der Waals surface area contributed by atoms with Crippen LogP contribution in [0.2, 0.25) is 0 Å². The Hall–Kier alpha value is -1.74. The van der Waals surface area contributed by atoms with Gasteiger partial charge in [-0.25, -0.2) is 0 Å². The Morgan fingerprint density at radius 2 is 1.59 bits per heavy atom. The number of aromatic nitrogens is 2. The Morgan fingerprint density at radius 1 is 0.941 bits per heavy atom. The van der Waals surface area contributed by atoms with Gasteiger partial charge >= 0.3 is 0 Å². The number of aryl methyl sites for hydroxylation is 1. The Morgan fingerprint density at radius 3 is 2.00 bits per heavy atom. The molecule has 86 valence electrons. The maximum Gasteiger partial charge on any atom is 0.0734 e. The molecule has 0 spiro atoms. The number of hydrogen-bond acceptors (Lipinski definition) is 1.